The fourth-order valence-corrected chi connectivity index (χ4v) is 7.99. The SMILES string of the molecule is CS1(C)c2ccccc2-c2c1ccc1c(-c3ccc(-c4ccccc4)cc3)nc(-c3ccccc3)nc21. The maximum Gasteiger partial charge on any atom is 0.160 e. The summed E-state index contributed by atoms with van der Waals surface area (Å²) in [6.45, 7) is 0. The van der Waals surface area contributed by atoms with Crippen LogP contribution in [0.1, 0.15) is 0 Å². The average molecular weight is 495 g/mol. The first-order valence-corrected chi connectivity index (χ1v) is 14.9. The molecule has 3 heteroatoms. The van der Waals surface area contributed by atoms with Crippen molar-refractivity contribution < 1.29 is 0 Å². The second kappa shape index (κ2) is 8.43. The van der Waals surface area contributed by atoms with Crippen molar-refractivity contribution in [2.24, 2.45) is 0 Å². The van der Waals surface area contributed by atoms with Crippen molar-refractivity contribution >= 4 is 20.9 Å². The van der Waals surface area contributed by atoms with Crippen molar-refractivity contribution in [3.63, 3.8) is 0 Å². The van der Waals surface area contributed by atoms with Crippen molar-refractivity contribution in [2.45, 2.75) is 9.79 Å². The van der Waals surface area contributed by atoms with E-state index < -0.39 is 10.0 Å². The van der Waals surface area contributed by atoms with E-state index in [-0.39, 0.29) is 0 Å². The molecule has 0 atom stereocenters. The Bertz CT molecular complexity index is 1770. The molecule has 0 saturated carbocycles. The maximum atomic E-state index is 5.24. The summed E-state index contributed by atoms with van der Waals surface area (Å²) in [6.07, 6.45) is 4.79. The first kappa shape index (κ1) is 22.0. The van der Waals surface area contributed by atoms with E-state index in [1.165, 1.54) is 32.0 Å². The minimum absolute atomic E-state index is 0.765. The minimum atomic E-state index is -1.11. The molecule has 178 valence electrons. The molecule has 0 bridgehead atoms. The quantitative estimate of drug-likeness (QED) is 0.245. The Hall–Kier alpha value is -4.21. The predicted molar refractivity (Wildman–Crippen MR) is 157 cm³/mol. The standard InChI is InChI=1S/C34H26N2S/c1-37(2)29-16-10-9-15-27(29)31-30(37)22-21-28-32(35-34(36-33(28)31)26-13-7-4-8-14-26)25-19-17-24(18-20-25)23-11-5-3-6-12-23/h3-22H,1-2H3. The zero-order valence-corrected chi connectivity index (χ0v) is 21.7. The summed E-state index contributed by atoms with van der Waals surface area (Å²) in [6, 6.07) is 43.0. The lowest BCUT2D eigenvalue weighted by Gasteiger charge is -2.28. The van der Waals surface area contributed by atoms with Crippen LogP contribution in [0.3, 0.4) is 0 Å². The number of fused-ring (bicyclic) bond motifs is 5. The van der Waals surface area contributed by atoms with Crippen molar-refractivity contribution in [3.05, 3.63) is 121 Å². The summed E-state index contributed by atoms with van der Waals surface area (Å²) in [7, 11) is -1.11. The van der Waals surface area contributed by atoms with Gasteiger partial charge in [-0.15, -0.1) is 0 Å². The van der Waals surface area contributed by atoms with Gasteiger partial charge < -0.3 is 0 Å². The van der Waals surface area contributed by atoms with Crippen LogP contribution in [0, 0.1) is 0 Å². The Morgan fingerprint density at radius 2 is 1.08 bits per heavy atom. The van der Waals surface area contributed by atoms with Gasteiger partial charge in [-0.05, 0) is 47.4 Å². The third kappa shape index (κ3) is 3.50. The molecule has 6 aromatic rings. The van der Waals surface area contributed by atoms with E-state index >= 15 is 0 Å². The molecule has 2 heterocycles. The number of hydrogen-bond donors (Lipinski definition) is 0. The fourth-order valence-electron chi connectivity index (χ4n) is 5.49. The van der Waals surface area contributed by atoms with E-state index in [4.69, 9.17) is 9.97 Å². The van der Waals surface area contributed by atoms with Crippen LogP contribution < -0.4 is 0 Å². The molecule has 1 aliphatic rings. The molecule has 0 amide bonds. The Kier molecular flexibility index (Phi) is 5.02. The molecule has 0 saturated heterocycles. The second-order valence-corrected chi connectivity index (χ2v) is 13.4. The van der Waals surface area contributed by atoms with E-state index in [0.29, 0.717) is 0 Å². The van der Waals surface area contributed by atoms with E-state index in [1.54, 1.807) is 0 Å². The highest BCUT2D eigenvalue weighted by atomic mass is 32.3. The van der Waals surface area contributed by atoms with Gasteiger partial charge in [-0.25, -0.2) is 9.97 Å². The minimum Gasteiger partial charge on any atom is -0.227 e. The van der Waals surface area contributed by atoms with E-state index in [9.17, 15) is 0 Å². The molecule has 1 aromatic heterocycles. The highest BCUT2D eigenvalue weighted by Gasteiger charge is 2.33. The first-order chi connectivity index (χ1) is 18.1. The van der Waals surface area contributed by atoms with Gasteiger partial charge >= 0.3 is 0 Å². The summed E-state index contributed by atoms with van der Waals surface area (Å²) in [5, 5.41) is 1.10. The molecule has 7 rings (SSSR count). The van der Waals surface area contributed by atoms with Crippen molar-refractivity contribution in [3.8, 4) is 44.9 Å². The third-order valence-electron chi connectivity index (χ3n) is 7.38. The van der Waals surface area contributed by atoms with Gasteiger partial charge in [0.1, 0.15) is 0 Å². The van der Waals surface area contributed by atoms with Crippen LogP contribution in [0.4, 0.5) is 0 Å². The molecular formula is C34H26N2S. The average Bonchev–Trinajstić information content (AvgIpc) is 3.20. The van der Waals surface area contributed by atoms with Gasteiger partial charge in [-0.2, -0.15) is 10.0 Å². The molecular weight excluding hydrogens is 468 g/mol. The molecule has 1 aliphatic heterocycles. The number of hydrogen-bond acceptors (Lipinski definition) is 2. The summed E-state index contributed by atoms with van der Waals surface area (Å²) >= 11 is 0. The van der Waals surface area contributed by atoms with Crippen molar-refractivity contribution in [2.75, 3.05) is 12.5 Å². The number of rotatable bonds is 3. The molecule has 0 radical (unpaired) electrons. The fraction of sp³-hybridized carbons (Fsp3) is 0.0588. The van der Waals surface area contributed by atoms with E-state index in [0.717, 1.165) is 33.5 Å². The molecule has 0 fully saturated rings. The van der Waals surface area contributed by atoms with Crippen LogP contribution >= 0.6 is 10.0 Å². The van der Waals surface area contributed by atoms with E-state index in [1.807, 2.05) is 6.07 Å². The zero-order valence-electron chi connectivity index (χ0n) is 20.8. The van der Waals surface area contributed by atoms with Crippen LogP contribution in [0.15, 0.2) is 131 Å². The summed E-state index contributed by atoms with van der Waals surface area (Å²) < 4.78 is 0. The number of benzene rings is 5. The van der Waals surface area contributed by atoms with Gasteiger partial charge in [0, 0.05) is 31.9 Å². The summed E-state index contributed by atoms with van der Waals surface area (Å²) in [4.78, 5) is 13.2. The van der Waals surface area contributed by atoms with Gasteiger partial charge in [0.15, 0.2) is 5.82 Å². The number of aromatic nitrogens is 2. The Labute approximate surface area is 219 Å². The third-order valence-corrected chi connectivity index (χ3v) is 10.3. The van der Waals surface area contributed by atoms with Crippen LogP contribution in [0.2, 0.25) is 0 Å². The Balaban J connectivity index is 1.50. The van der Waals surface area contributed by atoms with Crippen molar-refractivity contribution in [1.82, 2.24) is 9.97 Å². The summed E-state index contributed by atoms with van der Waals surface area (Å²) in [5.74, 6) is 0.765. The molecule has 0 spiro atoms. The lowest BCUT2D eigenvalue weighted by molar-refractivity contribution is 1.22. The number of nitrogens with zero attached hydrogens (tertiary/aromatic N) is 2. The molecule has 5 aromatic carbocycles. The predicted octanol–water partition coefficient (Wildman–Crippen LogP) is 9.09. The lowest BCUT2D eigenvalue weighted by Crippen LogP contribution is -1.98. The van der Waals surface area contributed by atoms with Gasteiger partial charge in [-0.3, -0.25) is 0 Å². The van der Waals surface area contributed by atoms with Gasteiger partial charge in [0.25, 0.3) is 0 Å². The normalized spacial score (nSPS) is 14.2. The van der Waals surface area contributed by atoms with Crippen LogP contribution in [-0.4, -0.2) is 22.5 Å². The van der Waals surface area contributed by atoms with Crippen LogP contribution in [0.25, 0.3) is 55.8 Å². The van der Waals surface area contributed by atoms with Gasteiger partial charge in [-0.1, -0.05) is 103 Å². The highest BCUT2D eigenvalue weighted by Crippen LogP contribution is 2.68. The van der Waals surface area contributed by atoms with E-state index in [2.05, 4.69) is 128 Å². The van der Waals surface area contributed by atoms with Crippen LogP contribution in [-0.2, 0) is 0 Å². The summed E-state index contributed by atoms with van der Waals surface area (Å²) in [5.41, 5.74) is 9.14. The Morgan fingerprint density at radius 1 is 0.486 bits per heavy atom. The van der Waals surface area contributed by atoms with Crippen molar-refractivity contribution in [1.29, 1.82) is 0 Å². The zero-order chi connectivity index (χ0) is 25.0. The maximum absolute atomic E-state index is 5.24. The second-order valence-electron chi connectivity index (χ2n) is 9.86. The lowest BCUT2D eigenvalue weighted by atomic mass is 9.97. The molecule has 0 unspecified atom stereocenters. The highest BCUT2D eigenvalue weighted by molar-refractivity contribution is 8.33. The molecule has 2 nitrogen and oxygen atoms in total. The largest absolute Gasteiger partial charge is 0.227 e. The van der Waals surface area contributed by atoms with Gasteiger partial charge in [0.05, 0.1) is 11.2 Å². The molecule has 37 heavy (non-hydrogen) atoms. The topological polar surface area (TPSA) is 25.8 Å². The molecule has 0 N–H and O–H groups in total. The van der Waals surface area contributed by atoms with Crippen LogP contribution in [0.5, 0.6) is 0 Å². The smallest absolute Gasteiger partial charge is 0.160 e. The molecule has 0 aliphatic carbocycles. The van der Waals surface area contributed by atoms with Gasteiger partial charge in [0.2, 0.25) is 0 Å². The Morgan fingerprint density at radius 3 is 1.81 bits per heavy atom. The monoisotopic (exact) mass is 494 g/mol. The first-order valence-electron chi connectivity index (χ1n) is 12.5.